The second-order valence-electron chi connectivity index (χ2n) is 8.35. The minimum absolute atomic E-state index is 0.0503. The molecule has 8 heteroatoms. The number of ether oxygens (including phenoxy) is 2. The van der Waals surface area contributed by atoms with Crippen LogP contribution in [0.2, 0.25) is 5.15 Å². The van der Waals surface area contributed by atoms with E-state index >= 15 is 0 Å². The molecule has 0 aliphatic carbocycles. The number of nitrogens with one attached hydrogen (secondary N) is 1. The topological polar surface area (TPSA) is 63.7 Å². The number of carbonyl (C=O) groups excluding carboxylic acids is 1. The zero-order valence-electron chi connectivity index (χ0n) is 17.4. The number of benzene rings is 1. The maximum Gasteiger partial charge on any atom is 0.410 e. The van der Waals surface area contributed by atoms with Crippen molar-refractivity contribution in [2.75, 3.05) is 19.7 Å². The highest BCUT2D eigenvalue weighted by Gasteiger charge is 2.33. The van der Waals surface area contributed by atoms with Crippen molar-refractivity contribution in [3.63, 3.8) is 0 Å². The summed E-state index contributed by atoms with van der Waals surface area (Å²) >= 11 is 9.54. The van der Waals surface area contributed by atoms with Crippen molar-refractivity contribution in [1.29, 1.82) is 0 Å². The van der Waals surface area contributed by atoms with Crippen molar-refractivity contribution in [1.82, 2.24) is 15.2 Å². The first-order valence-corrected chi connectivity index (χ1v) is 11.1. The van der Waals surface area contributed by atoms with Gasteiger partial charge in [-0.3, -0.25) is 0 Å². The Kier molecular flexibility index (Phi) is 7.74. The lowest BCUT2D eigenvalue weighted by Crippen LogP contribution is -2.56. The van der Waals surface area contributed by atoms with Crippen LogP contribution in [0.3, 0.4) is 0 Å². The molecule has 2 atom stereocenters. The summed E-state index contributed by atoms with van der Waals surface area (Å²) in [6.45, 7) is 7.55. The Morgan fingerprint density at radius 1 is 1.27 bits per heavy atom. The van der Waals surface area contributed by atoms with Gasteiger partial charge in [-0.25, -0.2) is 9.78 Å². The molecule has 0 unspecified atom stereocenters. The third kappa shape index (κ3) is 6.94. The Labute approximate surface area is 191 Å². The molecule has 0 spiro atoms. The van der Waals surface area contributed by atoms with Gasteiger partial charge in [0.25, 0.3) is 0 Å². The largest absolute Gasteiger partial charge is 0.444 e. The number of halogens is 2. The van der Waals surface area contributed by atoms with E-state index in [0.717, 1.165) is 11.1 Å². The SMILES string of the molecule is CC(C)(C)OC(=O)N1C[C@@H](COCc2ccccc2)N[C@@H](c2cc(Cl)nc(Br)c2)C1. The summed E-state index contributed by atoms with van der Waals surface area (Å²) in [6.07, 6.45) is -0.332. The van der Waals surface area contributed by atoms with Crippen molar-refractivity contribution in [3.8, 4) is 0 Å². The average Bonchev–Trinajstić information content (AvgIpc) is 2.66. The van der Waals surface area contributed by atoms with Gasteiger partial charge in [-0.2, -0.15) is 0 Å². The summed E-state index contributed by atoms with van der Waals surface area (Å²) in [6, 6.07) is 13.6. The van der Waals surface area contributed by atoms with Crippen LogP contribution in [0.4, 0.5) is 4.79 Å². The van der Waals surface area contributed by atoms with Gasteiger partial charge in [0.05, 0.1) is 19.3 Å². The van der Waals surface area contributed by atoms with Crippen molar-refractivity contribution in [3.05, 3.63) is 63.3 Å². The molecule has 2 heterocycles. The van der Waals surface area contributed by atoms with Crippen molar-refractivity contribution in [2.24, 2.45) is 0 Å². The lowest BCUT2D eigenvalue weighted by Gasteiger charge is -2.39. The number of piperazine rings is 1. The van der Waals surface area contributed by atoms with Gasteiger partial charge in [0.2, 0.25) is 0 Å². The molecule has 1 N–H and O–H groups in total. The molecule has 1 aliphatic rings. The van der Waals surface area contributed by atoms with Gasteiger partial charge >= 0.3 is 6.09 Å². The minimum atomic E-state index is -0.556. The van der Waals surface area contributed by atoms with E-state index in [1.165, 1.54) is 0 Å². The third-order valence-corrected chi connectivity index (χ3v) is 5.15. The molecular formula is C22H27BrClN3O3. The Bertz CT molecular complexity index is 840. The maximum atomic E-state index is 12.8. The van der Waals surface area contributed by atoms with Gasteiger partial charge in [0.15, 0.2) is 0 Å². The van der Waals surface area contributed by atoms with Crippen LogP contribution in [0.5, 0.6) is 0 Å². The predicted molar refractivity (Wildman–Crippen MR) is 121 cm³/mol. The molecule has 0 radical (unpaired) electrons. The Balaban J connectivity index is 1.71. The number of aromatic nitrogens is 1. The van der Waals surface area contributed by atoms with E-state index in [-0.39, 0.29) is 18.2 Å². The highest BCUT2D eigenvalue weighted by molar-refractivity contribution is 9.10. The Morgan fingerprint density at radius 3 is 2.67 bits per heavy atom. The van der Waals surface area contributed by atoms with E-state index in [9.17, 15) is 4.79 Å². The van der Waals surface area contributed by atoms with Crippen LogP contribution in [-0.4, -0.2) is 47.3 Å². The summed E-state index contributed by atoms with van der Waals surface area (Å²) in [5.74, 6) is 0. The molecule has 1 aliphatic heterocycles. The number of pyridine rings is 1. The van der Waals surface area contributed by atoms with Crippen LogP contribution in [-0.2, 0) is 16.1 Å². The van der Waals surface area contributed by atoms with Crippen LogP contribution >= 0.6 is 27.5 Å². The number of rotatable bonds is 5. The fourth-order valence-electron chi connectivity index (χ4n) is 3.31. The van der Waals surface area contributed by atoms with Crippen molar-refractivity contribution >= 4 is 33.6 Å². The van der Waals surface area contributed by atoms with Crippen molar-refractivity contribution in [2.45, 2.75) is 45.1 Å². The lowest BCUT2D eigenvalue weighted by atomic mass is 10.0. The normalized spacial score (nSPS) is 19.6. The molecule has 6 nitrogen and oxygen atoms in total. The third-order valence-electron chi connectivity index (χ3n) is 4.55. The van der Waals surface area contributed by atoms with Gasteiger partial charge in [0.1, 0.15) is 15.4 Å². The van der Waals surface area contributed by atoms with E-state index < -0.39 is 5.60 Å². The highest BCUT2D eigenvalue weighted by atomic mass is 79.9. The van der Waals surface area contributed by atoms with Crippen LogP contribution in [0.1, 0.15) is 37.9 Å². The first kappa shape index (κ1) is 23.0. The molecule has 1 amide bonds. The predicted octanol–water partition coefficient (Wildman–Crippen LogP) is 4.96. The fourth-order valence-corrected chi connectivity index (χ4v) is 4.08. The molecule has 3 rings (SSSR count). The number of hydrogen-bond acceptors (Lipinski definition) is 5. The second-order valence-corrected chi connectivity index (χ2v) is 9.55. The molecule has 1 fully saturated rings. The van der Waals surface area contributed by atoms with Crippen LogP contribution in [0.25, 0.3) is 0 Å². The molecule has 1 aromatic heterocycles. The summed E-state index contributed by atoms with van der Waals surface area (Å²) in [5, 5.41) is 3.97. The van der Waals surface area contributed by atoms with E-state index in [2.05, 4.69) is 26.2 Å². The van der Waals surface area contributed by atoms with Gasteiger partial charge in [-0.1, -0.05) is 41.9 Å². The van der Waals surface area contributed by atoms with Crippen LogP contribution in [0, 0.1) is 0 Å². The lowest BCUT2D eigenvalue weighted by molar-refractivity contribution is 0.00666. The summed E-state index contributed by atoms with van der Waals surface area (Å²) < 4.78 is 12.2. The zero-order valence-corrected chi connectivity index (χ0v) is 19.7. The first-order valence-electron chi connectivity index (χ1n) is 9.88. The zero-order chi connectivity index (χ0) is 21.7. The van der Waals surface area contributed by atoms with E-state index in [1.54, 1.807) is 4.90 Å². The average molecular weight is 497 g/mol. The molecule has 30 heavy (non-hydrogen) atoms. The van der Waals surface area contributed by atoms with E-state index in [1.807, 2.05) is 63.2 Å². The summed E-state index contributed by atoms with van der Waals surface area (Å²) in [5.41, 5.74) is 1.50. The fraction of sp³-hybridized carbons (Fsp3) is 0.455. The van der Waals surface area contributed by atoms with E-state index in [0.29, 0.717) is 36.1 Å². The van der Waals surface area contributed by atoms with Crippen LogP contribution in [0.15, 0.2) is 47.1 Å². The monoisotopic (exact) mass is 495 g/mol. The smallest absolute Gasteiger partial charge is 0.410 e. The second kappa shape index (κ2) is 10.1. The molecule has 1 saturated heterocycles. The van der Waals surface area contributed by atoms with E-state index in [4.69, 9.17) is 21.1 Å². The molecule has 0 saturated carbocycles. The van der Waals surface area contributed by atoms with Gasteiger partial charge in [-0.05, 0) is 60.0 Å². The van der Waals surface area contributed by atoms with Crippen molar-refractivity contribution < 1.29 is 14.3 Å². The molecule has 2 aromatic rings. The number of nitrogens with zero attached hydrogens (tertiary/aromatic N) is 2. The first-order chi connectivity index (χ1) is 14.2. The van der Waals surface area contributed by atoms with Gasteiger partial charge in [0, 0.05) is 19.1 Å². The van der Waals surface area contributed by atoms with Gasteiger partial charge in [-0.15, -0.1) is 0 Å². The number of carbonyl (C=O) groups is 1. The van der Waals surface area contributed by atoms with Crippen LogP contribution < -0.4 is 5.32 Å². The summed E-state index contributed by atoms with van der Waals surface area (Å²) in [4.78, 5) is 18.6. The quantitative estimate of drug-likeness (QED) is 0.593. The number of amides is 1. The number of hydrogen-bond donors (Lipinski definition) is 1. The molecular weight excluding hydrogens is 470 g/mol. The Hall–Kier alpha value is -1.67. The molecule has 162 valence electrons. The standard InChI is InChI=1S/C22H27BrClN3O3/c1-22(2,3)30-21(28)27-11-17(14-29-13-15-7-5-4-6-8-15)25-18(12-27)16-9-19(23)26-20(24)10-16/h4-10,17-18,25H,11-14H2,1-3H3/t17-,18+/m0/s1. The highest BCUT2D eigenvalue weighted by Crippen LogP contribution is 2.25. The maximum absolute atomic E-state index is 12.8. The summed E-state index contributed by atoms with van der Waals surface area (Å²) in [7, 11) is 0. The minimum Gasteiger partial charge on any atom is -0.444 e. The molecule has 1 aromatic carbocycles. The van der Waals surface area contributed by atoms with Gasteiger partial charge < -0.3 is 19.7 Å². The molecule has 0 bridgehead atoms. The Morgan fingerprint density at radius 2 is 2.00 bits per heavy atom.